The fraction of sp³-hybridized carbons (Fsp3) is 0.424. The standard InChI is InChI=1S/C33H36FNO7S/c1-18-11-23(41-24-14-21(15-24)35(3)43(4,38)39)12-19(2)32(18)26-7-9-28(34)33-27(26)8-10-29(33)42-22-5-6-25-20(13-31(36)37)17-40-30(25)16-22/h5-7,9,11-12,16,20-21,24,29H,8,10,13-15,17H2,1-4H3,(H,36,37). The molecule has 2 atom stereocenters. The van der Waals surface area contributed by atoms with Crippen molar-refractivity contribution < 1.29 is 36.9 Å². The lowest BCUT2D eigenvalue weighted by Gasteiger charge is -2.39. The average molecular weight is 610 g/mol. The minimum atomic E-state index is -3.23. The Morgan fingerprint density at radius 1 is 1.07 bits per heavy atom. The van der Waals surface area contributed by atoms with Crippen LogP contribution < -0.4 is 14.2 Å². The number of hydrogen-bond donors (Lipinski definition) is 1. The van der Waals surface area contributed by atoms with Crippen LogP contribution in [-0.4, -0.2) is 55.9 Å². The molecule has 0 spiro atoms. The van der Waals surface area contributed by atoms with Gasteiger partial charge in [0.15, 0.2) is 0 Å². The predicted octanol–water partition coefficient (Wildman–Crippen LogP) is 5.93. The second-order valence-electron chi connectivity index (χ2n) is 12.0. The minimum Gasteiger partial charge on any atom is -0.492 e. The molecule has 3 aromatic rings. The van der Waals surface area contributed by atoms with Gasteiger partial charge in [0.05, 0.1) is 19.3 Å². The Morgan fingerprint density at radius 3 is 2.47 bits per heavy atom. The number of aliphatic carboxylic acids is 1. The van der Waals surface area contributed by atoms with Crippen molar-refractivity contribution in [2.24, 2.45) is 0 Å². The third-order valence-electron chi connectivity index (χ3n) is 9.03. The molecule has 3 aromatic carbocycles. The van der Waals surface area contributed by atoms with Gasteiger partial charge in [0, 0.05) is 49.0 Å². The first-order valence-electron chi connectivity index (χ1n) is 14.6. The maximum Gasteiger partial charge on any atom is 0.304 e. The zero-order valence-electron chi connectivity index (χ0n) is 24.7. The van der Waals surface area contributed by atoms with Crippen molar-refractivity contribution in [3.05, 3.63) is 76.1 Å². The quantitative estimate of drug-likeness (QED) is 0.321. The first kappa shape index (κ1) is 29.4. The molecule has 0 amide bonds. The molecule has 1 aliphatic heterocycles. The number of carbonyl (C=O) groups is 1. The number of carboxylic acid groups (broad SMARTS) is 1. The number of hydrogen-bond acceptors (Lipinski definition) is 6. The summed E-state index contributed by atoms with van der Waals surface area (Å²) in [4.78, 5) is 11.2. The van der Waals surface area contributed by atoms with E-state index in [1.807, 2.05) is 38.1 Å². The highest BCUT2D eigenvalue weighted by molar-refractivity contribution is 7.88. The van der Waals surface area contributed by atoms with Gasteiger partial charge in [-0.05, 0) is 78.8 Å². The molecule has 228 valence electrons. The Balaban J connectivity index is 1.20. The van der Waals surface area contributed by atoms with E-state index >= 15 is 4.39 Å². The second-order valence-corrected chi connectivity index (χ2v) is 14.1. The van der Waals surface area contributed by atoms with Crippen LogP contribution in [0.5, 0.6) is 17.2 Å². The summed E-state index contributed by atoms with van der Waals surface area (Å²) < 4.78 is 58.6. The molecule has 0 aromatic heterocycles. The number of fused-ring (bicyclic) bond motifs is 2. The van der Waals surface area contributed by atoms with Crippen molar-refractivity contribution in [3.63, 3.8) is 0 Å². The lowest BCUT2D eigenvalue weighted by atomic mass is 9.88. The molecule has 0 radical (unpaired) electrons. The number of carboxylic acids is 1. The van der Waals surface area contributed by atoms with Gasteiger partial charge in [-0.2, -0.15) is 0 Å². The van der Waals surface area contributed by atoms with Crippen LogP contribution in [-0.2, 0) is 21.2 Å². The van der Waals surface area contributed by atoms with Crippen LogP contribution in [0.4, 0.5) is 4.39 Å². The Bertz CT molecular complexity index is 1680. The van der Waals surface area contributed by atoms with Gasteiger partial charge in [0.1, 0.15) is 35.3 Å². The molecule has 6 rings (SSSR count). The summed E-state index contributed by atoms with van der Waals surface area (Å²) in [5.74, 6) is 0.568. The minimum absolute atomic E-state index is 0.00710. The fourth-order valence-corrected chi connectivity index (χ4v) is 7.42. The molecule has 2 unspecified atom stereocenters. The second kappa shape index (κ2) is 11.1. The summed E-state index contributed by atoms with van der Waals surface area (Å²) >= 11 is 0. The maximum absolute atomic E-state index is 15.3. The summed E-state index contributed by atoms with van der Waals surface area (Å²) in [6.07, 6.45) is 3.33. The van der Waals surface area contributed by atoms with E-state index in [0.29, 0.717) is 49.4 Å². The fourth-order valence-electron chi connectivity index (χ4n) is 6.71. The van der Waals surface area contributed by atoms with E-state index in [2.05, 4.69) is 0 Å². The van der Waals surface area contributed by atoms with Crippen LogP contribution in [0.1, 0.15) is 65.5 Å². The summed E-state index contributed by atoms with van der Waals surface area (Å²) in [6.45, 7) is 4.37. The zero-order valence-corrected chi connectivity index (χ0v) is 25.5. The molecular formula is C33H36FNO7S. The lowest BCUT2D eigenvalue weighted by Crippen LogP contribution is -2.49. The number of nitrogens with zero attached hydrogens (tertiary/aromatic N) is 1. The van der Waals surface area contributed by atoms with Gasteiger partial charge < -0.3 is 19.3 Å². The van der Waals surface area contributed by atoms with Crippen LogP contribution >= 0.6 is 0 Å². The number of rotatable bonds is 9. The Hall–Kier alpha value is -3.63. The molecule has 2 aliphatic carbocycles. The molecule has 0 saturated heterocycles. The topological polar surface area (TPSA) is 102 Å². The molecule has 10 heteroatoms. The highest BCUT2D eigenvalue weighted by atomic mass is 32.2. The smallest absolute Gasteiger partial charge is 0.304 e. The van der Waals surface area contributed by atoms with Crippen molar-refractivity contribution in [2.75, 3.05) is 19.9 Å². The third-order valence-corrected chi connectivity index (χ3v) is 10.4. The summed E-state index contributed by atoms with van der Waals surface area (Å²) in [5, 5.41) is 9.17. The van der Waals surface area contributed by atoms with Gasteiger partial charge in [-0.15, -0.1) is 0 Å². The summed E-state index contributed by atoms with van der Waals surface area (Å²) in [5.41, 5.74) is 6.42. The Kier molecular flexibility index (Phi) is 7.62. The lowest BCUT2D eigenvalue weighted by molar-refractivity contribution is -0.137. The van der Waals surface area contributed by atoms with E-state index in [0.717, 1.165) is 39.1 Å². The molecule has 1 fully saturated rings. The SMILES string of the molecule is Cc1cc(OC2CC(N(C)S(C)(=O)=O)C2)cc(C)c1-c1ccc(F)c2c1CCC2Oc1ccc2c(c1)OCC2CC(=O)O. The molecule has 3 aliphatic rings. The van der Waals surface area contributed by atoms with Gasteiger partial charge in [0.2, 0.25) is 10.0 Å². The van der Waals surface area contributed by atoms with E-state index < -0.39 is 22.1 Å². The first-order chi connectivity index (χ1) is 20.4. The number of aryl methyl sites for hydroxylation is 2. The van der Waals surface area contributed by atoms with Gasteiger partial charge in [-0.3, -0.25) is 4.79 Å². The highest BCUT2D eigenvalue weighted by Crippen LogP contribution is 2.45. The predicted molar refractivity (Wildman–Crippen MR) is 160 cm³/mol. The van der Waals surface area contributed by atoms with Crippen LogP contribution in [0.3, 0.4) is 0 Å². The van der Waals surface area contributed by atoms with Gasteiger partial charge >= 0.3 is 5.97 Å². The van der Waals surface area contributed by atoms with E-state index in [1.165, 1.54) is 16.6 Å². The zero-order chi connectivity index (χ0) is 30.6. The van der Waals surface area contributed by atoms with E-state index in [9.17, 15) is 13.2 Å². The monoisotopic (exact) mass is 609 g/mol. The van der Waals surface area contributed by atoms with Crippen LogP contribution in [0, 0.1) is 19.7 Å². The van der Waals surface area contributed by atoms with Crippen molar-refractivity contribution in [1.82, 2.24) is 4.31 Å². The normalized spacial score (nSPS) is 22.5. The number of benzene rings is 3. The molecule has 0 bridgehead atoms. The number of sulfonamides is 1. The van der Waals surface area contributed by atoms with E-state index in [1.54, 1.807) is 19.2 Å². The van der Waals surface area contributed by atoms with Gasteiger partial charge in [-0.25, -0.2) is 17.1 Å². The molecule has 1 heterocycles. The van der Waals surface area contributed by atoms with Crippen molar-refractivity contribution in [1.29, 1.82) is 0 Å². The highest BCUT2D eigenvalue weighted by Gasteiger charge is 2.37. The van der Waals surface area contributed by atoms with Crippen molar-refractivity contribution in [2.45, 2.75) is 70.1 Å². The maximum atomic E-state index is 15.3. The number of ether oxygens (including phenoxy) is 3. The summed E-state index contributed by atoms with van der Waals surface area (Å²) in [6, 6.07) is 12.7. The van der Waals surface area contributed by atoms with Crippen LogP contribution in [0.15, 0.2) is 42.5 Å². The Labute approximate surface area is 251 Å². The first-order valence-corrected chi connectivity index (χ1v) is 16.4. The Morgan fingerprint density at radius 2 is 1.79 bits per heavy atom. The van der Waals surface area contributed by atoms with E-state index in [4.69, 9.17) is 19.3 Å². The van der Waals surface area contributed by atoms with E-state index in [-0.39, 0.29) is 30.3 Å². The molecule has 1 N–H and O–H groups in total. The molecular weight excluding hydrogens is 573 g/mol. The number of halogens is 1. The summed E-state index contributed by atoms with van der Waals surface area (Å²) in [7, 11) is -1.62. The third kappa shape index (κ3) is 5.70. The molecule has 43 heavy (non-hydrogen) atoms. The van der Waals surface area contributed by atoms with Crippen molar-refractivity contribution >= 4 is 16.0 Å². The van der Waals surface area contributed by atoms with Crippen molar-refractivity contribution in [3.8, 4) is 28.4 Å². The van der Waals surface area contributed by atoms with Gasteiger partial charge in [0.25, 0.3) is 0 Å². The molecule has 8 nitrogen and oxygen atoms in total. The van der Waals surface area contributed by atoms with Gasteiger partial charge in [-0.1, -0.05) is 12.1 Å². The van der Waals surface area contributed by atoms with Crippen LogP contribution in [0.2, 0.25) is 0 Å². The van der Waals surface area contributed by atoms with Crippen LogP contribution in [0.25, 0.3) is 11.1 Å². The largest absolute Gasteiger partial charge is 0.492 e. The molecule has 1 saturated carbocycles. The average Bonchev–Trinajstić information content (AvgIpc) is 3.50.